The fraction of sp³-hybridized carbons (Fsp3) is 0.143. The fourth-order valence-corrected chi connectivity index (χ4v) is 2.17. The average Bonchev–Trinajstić information content (AvgIpc) is 2.82. The van der Waals surface area contributed by atoms with E-state index in [1.165, 1.54) is 24.3 Å². The molecule has 23 heavy (non-hydrogen) atoms. The van der Waals surface area contributed by atoms with Crippen molar-refractivity contribution in [1.82, 2.24) is 14.6 Å². The van der Waals surface area contributed by atoms with E-state index < -0.39 is 4.92 Å². The van der Waals surface area contributed by atoms with Crippen LogP contribution in [0.3, 0.4) is 0 Å². The quantitative estimate of drug-likeness (QED) is 0.451. The van der Waals surface area contributed by atoms with E-state index in [1.807, 2.05) is 19.9 Å². The maximum absolute atomic E-state index is 10.6. The van der Waals surface area contributed by atoms with Crippen LogP contribution in [0.2, 0.25) is 0 Å². The van der Waals surface area contributed by atoms with Gasteiger partial charge < -0.3 is 5.73 Å². The Balaban J connectivity index is 2.00. The predicted molar refractivity (Wildman–Crippen MR) is 84.1 cm³/mol. The molecule has 0 unspecified atom stereocenters. The van der Waals surface area contributed by atoms with Gasteiger partial charge in [-0.3, -0.25) is 10.1 Å². The molecule has 9 heteroatoms. The predicted octanol–water partition coefficient (Wildman–Crippen LogP) is 3.25. The number of azo groups is 1. The molecular weight excluding hydrogens is 298 g/mol. The number of hydrogen-bond acceptors (Lipinski definition) is 7. The Bertz CT molecular complexity index is 928. The van der Waals surface area contributed by atoms with Gasteiger partial charge in [-0.2, -0.15) is 5.11 Å². The van der Waals surface area contributed by atoms with E-state index in [1.54, 1.807) is 4.52 Å². The molecule has 0 spiro atoms. The summed E-state index contributed by atoms with van der Waals surface area (Å²) in [4.78, 5) is 14.5. The SMILES string of the molecule is Cc1cc(C)n2nc(N)c(N=Nc3ccc([N+](=O)[O-])cc3)c2n1. The van der Waals surface area contributed by atoms with Crippen molar-refractivity contribution in [2.75, 3.05) is 5.73 Å². The molecule has 2 aromatic heterocycles. The molecular formula is C14H13N7O2. The second kappa shape index (κ2) is 5.44. The number of nitrogens with zero attached hydrogens (tertiary/aromatic N) is 6. The Kier molecular flexibility index (Phi) is 3.45. The van der Waals surface area contributed by atoms with Gasteiger partial charge in [0.1, 0.15) is 0 Å². The van der Waals surface area contributed by atoms with E-state index >= 15 is 0 Å². The second-order valence-corrected chi connectivity index (χ2v) is 4.98. The van der Waals surface area contributed by atoms with Gasteiger partial charge >= 0.3 is 0 Å². The highest BCUT2D eigenvalue weighted by Gasteiger charge is 2.13. The number of nitro benzene ring substituents is 1. The topological polar surface area (TPSA) is 124 Å². The number of aromatic nitrogens is 3. The second-order valence-electron chi connectivity index (χ2n) is 4.98. The highest BCUT2D eigenvalue weighted by Crippen LogP contribution is 2.29. The number of benzene rings is 1. The van der Waals surface area contributed by atoms with Crippen molar-refractivity contribution in [3.8, 4) is 0 Å². The first kappa shape index (κ1) is 14.6. The molecule has 0 radical (unpaired) electrons. The molecule has 0 bridgehead atoms. The summed E-state index contributed by atoms with van der Waals surface area (Å²) >= 11 is 0. The number of hydrogen-bond donors (Lipinski definition) is 1. The van der Waals surface area contributed by atoms with Gasteiger partial charge in [-0.1, -0.05) is 0 Å². The zero-order valence-electron chi connectivity index (χ0n) is 12.5. The van der Waals surface area contributed by atoms with E-state index in [-0.39, 0.29) is 11.5 Å². The van der Waals surface area contributed by atoms with E-state index in [4.69, 9.17) is 5.73 Å². The standard InChI is InChI=1S/C14H13N7O2/c1-8-7-9(2)20-14(16-8)12(13(15)19-20)18-17-10-3-5-11(6-4-10)21(22)23/h3-7H,1-2H3,(H2,15,19). The van der Waals surface area contributed by atoms with E-state index in [9.17, 15) is 10.1 Å². The third-order valence-corrected chi connectivity index (χ3v) is 3.22. The molecule has 116 valence electrons. The molecule has 0 amide bonds. The molecule has 2 heterocycles. The first-order chi connectivity index (χ1) is 11.0. The molecule has 0 saturated heterocycles. The Morgan fingerprint density at radius 1 is 1.22 bits per heavy atom. The number of nitrogens with two attached hydrogens (primary N) is 1. The number of anilines is 1. The van der Waals surface area contributed by atoms with Crippen LogP contribution < -0.4 is 5.73 Å². The van der Waals surface area contributed by atoms with Crippen molar-refractivity contribution in [2.24, 2.45) is 10.2 Å². The molecule has 2 N–H and O–H groups in total. The molecule has 3 rings (SSSR count). The Morgan fingerprint density at radius 3 is 2.57 bits per heavy atom. The lowest BCUT2D eigenvalue weighted by Gasteiger charge is -1.99. The van der Waals surface area contributed by atoms with E-state index in [2.05, 4.69) is 20.3 Å². The van der Waals surface area contributed by atoms with Crippen molar-refractivity contribution >= 4 is 28.5 Å². The molecule has 0 aliphatic rings. The van der Waals surface area contributed by atoms with E-state index in [0.717, 1.165) is 11.4 Å². The number of fused-ring (bicyclic) bond motifs is 1. The molecule has 0 atom stereocenters. The van der Waals surface area contributed by atoms with Crippen molar-refractivity contribution in [3.63, 3.8) is 0 Å². The number of nitrogen functional groups attached to an aromatic ring is 1. The van der Waals surface area contributed by atoms with Gasteiger partial charge in [0.15, 0.2) is 17.2 Å². The van der Waals surface area contributed by atoms with Gasteiger partial charge in [-0.15, -0.1) is 10.2 Å². The van der Waals surface area contributed by atoms with Gasteiger partial charge in [-0.05, 0) is 32.0 Å². The molecule has 1 aromatic carbocycles. The zero-order valence-corrected chi connectivity index (χ0v) is 12.5. The summed E-state index contributed by atoms with van der Waals surface area (Å²) in [7, 11) is 0. The van der Waals surface area contributed by atoms with Gasteiger partial charge in [0.05, 0.1) is 10.6 Å². The number of non-ortho nitro benzene ring substituents is 1. The number of nitro groups is 1. The van der Waals surface area contributed by atoms with Crippen molar-refractivity contribution in [2.45, 2.75) is 13.8 Å². The summed E-state index contributed by atoms with van der Waals surface area (Å²) in [6, 6.07) is 7.62. The maximum Gasteiger partial charge on any atom is 0.269 e. The minimum absolute atomic E-state index is 0.00707. The molecule has 0 aliphatic heterocycles. The minimum atomic E-state index is -0.473. The van der Waals surface area contributed by atoms with Crippen LogP contribution in [-0.2, 0) is 0 Å². The van der Waals surface area contributed by atoms with Crippen LogP contribution in [0.5, 0.6) is 0 Å². The first-order valence-electron chi connectivity index (χ1n) is 6.74. The smallest absolute Gasteiger partial charge is 0.269 e. The zero-order chi connectivity index (χ0) is 16.6. The summed E-state index contributed by atoms with van der Waals surface area (Å²) in [5.41, 5.74) is 8.95. The lowest BCUT2D eigenvalue weighted by Crippen LogP contribution is -1.97. The molecule has 0 aliphatic carbocycles. The highest BCUT2D eigenvalue weighted by atomic mass is 16.6. The van der Waals surface area contributed by atoms with Crippen LogP contribution in [-0.4, -0.2) is 19.5 Å². The first-order valence-corrected chi connectivity index (χ1v) is 6.74. The Labute approximate surface area is 130 Å². The Morgan fingerprint density at radius 2 is 1.91 bits per heavy atom. The lowest BCUT2D eigenvalue weighted by atomic mass is 10.3. The Hall–Kier alpha value is -3.36. The van der Waals surface area contributed by atoms with Crippen LogP contribution >= 0.6 is 0 Å². The molecule has 3 aromatic rings. The monoisotopic (exact) mass is 311 g/mol. The lowest BCUT2D eigenvalue weighted by molar-refractivity contribution is -0.384. The van der Waals surface area contributed by atoms with Crippen LogP contribution in [0.25, 0.3) is 5.65 Å². The summed E-state index contributed by atoms with van der Waals surface area (Å²) < 4.78 is 1.60. The molecule has 0 saturated carbocycles. The number of aryl methyl sites for hydroxylation is 2. The fourth-order valence-electron chi connectivity index (χ4n) is 2.17. The maximum atomic E-state index is 10.6. The third-order valence-electron chi connectivity index (χ3n) is 3.22. The van der Waals surface area contributed by atoms with Gasteiger partial charge in [0.25, 0.3) is 5.69 Å². The van der Waals surface area contributed by atoms with Crippen molar-refractivity contribution in [1.29, 1.82) is 0 Å². The van der Waals surface area contributed by atoms with Crippen molar-refractivity contribution < 1.29 is 4.92 Å². The van der Waals surface area contributed by atoms with Crippen LogP contribution in [0.4, 0.5) is 22.9 Å². The highest BCUT2D eigenvalue weighted by molar-refractivity contribution is 5.75. The van der Waals surface area contributed by atoms with Gasteiger partial charge in [0.2, 0.25) is 0 Å². The van der Waals surface area contributed by atoms with E-state index in [0.29, 0.717) is 17.0 Å². The third kappa shape index (κ3) is 2.71. The average molecular weight is 311 g/mol. The summed E-state index contributed by atoms with van der Waals surface area (Å²) in [6.07, 6.45) is 0. The summed E-state index contributed by atoms with van der Waals surface area (Å²) in [5.74, 6) is 0.219. The minimum Gasteiger partial charge on any atom is -0.380 e. The van der Waals surface area contributed by atoms with Crippen LogP contribution in [0, 0.1) is 24.0 Å². The molecule has 0 fully saturated rings. The summed E-state index contributed by atoms with van der Waals surface area (Å²) in [5, 5.41) is 23.0. The largest absolute Gasteiger partial charge is 0.380 e. The van der Waals surface area contributed by atoms with Gasteiger partial charge in [-0.25, -0.2) is 9.50 Å². The van der Waals surface area contributed by atoms with Gasteiger partial charge in [0, 0.05) is 23.5 Å². The summed E-state index contributed by atoms with van der Waals surface area (Å²) in [6.45, 7) is 3.76. The molecule has 9 nitrogen and oxygen atoms in total. The van der Waals surface area contributed by atoms with Crippen LogP contribution in [0.1, 0.15) is 11.4 Å². The number of rotatable bonds is 3. The van der Waals surface area contributed by atoms with Crippen LogP contribution in [0.15, 0.2) is 40.6 Å². The van der Waals surface area contributed by atoms with Crippen molar-refractivity contribution in [3.05, 3.63) is 51.8 Å². The normalized spacial score (nSPS) is 11.4.